The Balaban J connectivity index is 0.000000123. The van der Waals surface area contributed by atoms with E-state index in [4.69, 9.17) is 9.47 Å². The molecule has 0 aromatic rings. The first-order chi connectivity index (χ1) is 20.5. The Morgan fingerprint density at radius 2 is 1.20 bits per heavy atom. The van der Waals surface area contributed by atoms with Gasteiger partial charge < -0.3 is 9.47 Å². The number of rotatable bonds is 0. The molecule has 4 nitrogen and oxygen atoms in total. The van der Waals surface area contributed by atoms with E-state index in [1.807, 2.05) is 13.8 Å². The van der Waals surface area contributed by atoms with Crippen LogP contribution in [0.15, 0.2) is 23.3 Å². The third kappa shape index (κ3) is 3.54. The first-order valence-corrected chi connectivity index (χ1v) is 18.3. The summed E-state index contributed by atoms with van der Waals surface area (Å²) in [5.41, 5.74) is 2.98. The van der Waals surface area contributed by atoms with Gasteiger partial charge in [-0.05, 0) is 146 Å². The molecule has 0 spiro atoms. The van der Waals surface area contributed by atoms with Crippen LogP contribution in [0, 0.1) is 93.7 Å². The van der Waals surface area contributed by atoms with Crippen LogP contribution in [0.2, 0.25) is 0 Å². The number of Topliss-reactive ketones (excluding diaryl/α,β-unsaturated/α-hetero) is 2. The van der Waals surface area contributed by atoms with E-state index in [9.17, 15) is 9.59 Å². The first-order valence-electron chi connectivity index (χ1n) is 18.3. The van der Waals surface area contributed by atoms with Crippen molar-refractivity contribution in [3.8, 4) is 0 Å². The summed E-state index contributed by atoms with van der Waals surface area (Å²) in [5.74, 6) is 9.77. The van der Waals surface area contributed by atoms with E-state index >= 15 is 0 Å². The summed E-state index contributed by atoms with van der Waals surface area (Å²) in [4.78, 5) is 25.4. The Kier molecular flexibility index (Phi) is 5.53. The molecule has 6 saturated carbocycles. The molecule has 0 N–H and O–H groups in total. The molecule has 2 aliphatic heterocycles. The van der Waals surface area contributed by atoms with Crippen molar-refractivity contribution in [1.82, 2.24) is 0 Å². The van der Waals surface area contributed by atoms with E-state index < -0.39 is 0 Å². The van der Waals surface area contributed by atoms with E-state index in [0.717, 1.165) is 59.0 Å². The SMILES string of the molecule is CC1=CC2C(C1=O)C1OC1(C)CC1C2C(C)CC2C1C2(C)C.CC1=CC2C(CC3(C)OC3C3C2C(C)CC2C3C2(C)C)C1=O. The largest absolute Gasteiger partial charge is 0.366 e. The van der Waals surface area contributed by atoms with Crippen LogP contribution in [0.4, 0.5) is 0 Å². The Bertz CT molecular complexity index is 1420. The summed E-state index contributed by atoms with van der Waals surface area (Å²) in [6.07, 6.45) is 10.1. The molecule has 0 bridgehead atoms. The normalized spacial score (nSPS) is 60.4. The van der Waals surface area contributed by atoms with Crippen molar-refractivity contribution in [3.63, 3.8) is 0 Å². The number of ether oxygens (including phenoxy) is 2. The highest BCUT2D eigenvalue weighted by molar-refractivity contribution is 6.00. The van der Waals surface area contributed by atoms with Crippen molar-refractivity contribution in [1.29, 1.82) is 0 Å². The van der Waals surface area contributed by atoms with Gasteiger partial charge in [-0.15, -0.1) is 0 Å². The standard InChI is InChI=1S/2C20H28O2/c1-9-7-13-16(19(13,3)4)12-8-20(5)18(22-20)15-11(14(9)12)6-10(2)17(15)21;1-9-7-13-16(19(13,3)4)15-14(9)11-6-10(2)17(21)12(11)8-20(5)18(15)22-20/h2*6,9,11-16,18H,7-8H2,1-5H3. The van der Waals surface area contributed by atoms with Crippen LogP contribution in [0.25, 0.3) is 0 Å². The second-order valence-corrected chi connectivity index (χ2v) is 19.6. The average Bonchev–Trinajstić information content (AvgIpc) is 3.88. The zero-order chi connectivity index (χ0) is 31.2. The number of allylic oxidation sites excluding steroid dienone is 4. The van der Waals surface area contributed by atoms with E-state index in [-0.39, 0.29) is 29.1 Å². The molecular weight excluding hydrogens is 544 g/mol. The number of fused-ring (bicyclic) bond motifs is 14. The maximum Gasteiger partial charge on any atom is 0.164 e. The monoisotopic (exact) mass is 600 g/mol. The molecule has 44 heavy (non-hydrogen) atoms. The summed E-state index contributed by atoms with van der Waals surface area (Å²) >= 11 is 0. The molecule has 10 aliphatic rings. The van der Waals surface area contributed by atoms with Gasteiger partial charge in [0.2, 0.25) is 0 Å². The summed E-state index contributed by atoms with van der Waals surface area (Å²) in [7, 11) is 0. The summed E-state index contributed by atoms with van der Waals surface area (Å²) < 4.78 is 12.4. The Hall–Kier alpha value is -1.26. The molecule has 8 aliphatic carbocycles. The quantitative estimate of drug-likeness (QED) is 0.267. The van der Waals surface area contributed by atoms with Crippen LogP contribution in [-0.4, -0.2) is 35.0 Å². The van der Waals surface area contributed by atoms with Gasteiger partial charge in [0.1, 0.15) is 0 Å². The molecule has 18 atom stereocenters. The number of epoxide rings is 2. The number of carbonyl (C=O) groups excluding carboxylic acids is 2. The van der Waals surface area contributed by atoms with Gasteiger partial charge in [0.15, 0.2) is 11.6 Å². The highest BCUT2D eigenvalue weighted by atomic mass is 16.6. The molecular formula is C40H56O4. The third-order valence-corrected chi connectivity index (χ3v) is 16.6. The van der Waals surface area contributed by atoms with Crippen LogP contribution >= 0.6 is 0 Å². The van der Waals surface area contributed by atoms with Crippen LogP contribution in [-0.2, 0) is 19.1 Å². The van der Waals surface area contributed by atoms with Crippen LogP contribution in [0.5, 0.6) is 0 Å². The molecule has 4 heteroatoms. The van der Waals surface area contributed by atoms with Gasteiger partial charge in [-0.25, -0.2) is 0 Å². The molecule has 240 valence electrons. The lowest BCUT2D eigenvalue weighted by atomic mass is 9.64. The molecule has 0 amide bonds. The Labute approximate surface area is 265 Å². The number of hydrogen-bond acceptors (Lipinski definition) is 4. The highest BCUT2D eigenvalue weighted by Crippen LogP contribution is 2.76. The minimum absolute atomic E-state index is 0.0171. The van der Waals surface area contributed by atoms with E-state index in [1.54, 1.807) is 0 Å². The lowest BCUT2D eigenvalue weighted by Crippen LogP contribution is -2.38. The van der Waals surface area contributed by atoms with Crippen LogP contribution < -0.4 is 0 Å². The van der Waals surface area contributed by atoms with Crippen molar-refractivity contribution < 1.29 is 19.1 Å². The van der Waals surface area contributed by atoms with Crippen molar-refractivity contribution in [2.75, 3.05) is 0 Å². The van der Waals surface area contributed by atoms with Gasteiger partial charge in [-0.3, -0.25) is 9.59 Å². The number of ketones is 2. The summed E-state index contributed by atoms with van der Waals surface area (Å²) in [5, 5.41) is 0. The van der Waals surface area contributed by atoms with E-state index in [2.05, 4.69) is 67.5 Å². The lowest BCUT2D eigenvalue weighted by Gasteiger charge is -2.40. The van der Waals surface area contributed by atoms with Crippen molar-refractivity contribution in [3.05, 3.63) is 23.3 Å². The van der Waals surface area contributed by atoms with Gasteiger partial charge in [-0.2, -0.15) is 0 Å². The second kappa shape index (κ2) is 8.41. The Morgan fingerprint density at radius 3 is 1.91 bits per heavy atom. The molecule has 18 unspecified atom stereocenters. The summed E-state index contributed by atoms with van der Waals surface area (Å²) in [6.45, 7) is 23.3. The molecule has 8 fully saturated rings. The summed E-state index contributed by atoms with van der Waals surface area (Å²) in [6, 6.07) is 0. The molecule has 2 heterocycles. The van der Waals surface area contributed by atoms with Gasteiger partial charge in [0.25, 0.3) is 0 Å². The fraction of sp³-hybridized carbons (Fsp3) is 0.850. The van der Waals surface area contributed by atoms with Crippen molar-refractivity contribution in [2.45, 2.75) is 118 Å². The number of hydrogen-bond donors (Lipinski definition) is 0. The van der Waals surface area contributed by atoms with Gasteiger partial charge in [-0.1, -0.05) is 53.7 Å². The predicted octanol–water partition coefficient (Wildman–Crippen LogP) is 7.71. The zero-order valence-electron chi connectivity index (χ0n) is 28.9. The third-order valence-electron chi connectivity index (χ3n) is 16.6. The van der Waals surface area contributed by atoms with E-state index in [0.29, 0.717) is 58.1 Å². The van der Waals surface area contributed by atoms with Gasteiger partial charge in [0.05, 0.1) is 29.3 Å². The maximum atomic E-state index is 12.7. The number of carbonyl (C=O) groups is 2. The highest BCUT2D eigenvalue weighted by Gasteiger charge is 2.75. The minimum atomic E-state index is -0.0171. The maximum absolute atomic E-state index is 12.7. The second-order valence-electron chi connectivity index (χ2n) is 19.6. The van der Waals surface area contributed by atoms with Crippen LogP contribution in [0.1, 0.15) is 94.9 Å². The smallest absolute Gasteiger partial charge is 0.164 e. The van der Waals surface area contributed by atoms with Crippen LogP contribution in [0.3, 0.4) is 0 Å². The molecule has 0 aromatic carbocycles. The Morgan fingerprint density at radius 1 is 0.659 bits per heavy atom. The molecule has 2 saturated heterocycles. The van der Waals surface area contributed by atoms with E-state index in [1.165, 1.54) is 19.3 Å². The fourth-order valence-corrected chi connectivity index (χ4v) is 14.3. The topological polar surface area (TPSA) is 59.2 Å². The predicted molar refractivity (Wildman–Crippen MR) is 170 cm³/mol. The minimum Gasteiger partial charge on any atom is -0.366 e. The van der Waals surface area contributed by atoms with Gasteiger partial charge in [0, 0.05) is 5.92 Å². The molecule has 0 aromatic heterocycles. The molecule has 10 rings (SSSR count). The first kappa shape index (κ1) is 28.9. The zero-order valence-corrected chi connectivity index (χ0v) is 28.9. The van der Waals surface area contributed by atoms with Gasteiger partial charge >= 0.3 is 0 Å². The molecule has 0 radical (unpaired) electrons. The van der Waals surface area contributed by atoms with Crippen molar-refractivity contribution >= 4 is 11.6 Å². The average molecular weight is 601 g/mol. The lowest BCUT2D eigenvalue weighted by molar-refractivity contribution is -0.121. The fourth-order valence-electron chi connectivity index (χ4n) is 14.3. The van der Waals surface area contributed by atoms with Crippen molar-refractivity contribution in [2.24, 2.45) is 93.7 Å².